The standard InChI is InChI=1S/C17H21N3O3/c1-2-22-15-8-4-3-6-12(15)10-19-16(21)14-11-23-17(20-14)13-7-5-9-18-13/h3-4,6,8,11,13,18H,2,5,7,9-10H2,1H3,(H,19,21). The van der Waals surface area contributed by atoms with E-state index in [4.69, 9.17) is 9.15 Å². The lowest BCUT2D eigenvalue weighted by molar-refractivity contribution is 0.0945. The molecule has 0 spiro atoms. The van der Waals surface area contributed by atoms with Gasteiger partial charge in [-0.25, -0.2) is 4.98 Å². The Kier molecular flexibility index (Phi) is 4.92. The van der Waals surface area contributed by atoms with Crippen LogP contribution >= 0.6 is 0 Å². The predicted molar refractivity (Wildman–Crippen MR) is 85.3 cm³/mol. The van der Waals surface area contributed by atoms with Crippen LogP contribution < -0.4 is 15.4 Å². The Morgan fingerprint density at radius 2 is 2.35 bits per heavy atom. The number of carbonyl (C=O) groups is 1. The van der Waals surface area contributed by atoms with Crippen molar-refractivity contribution < 1.29 is 13.9 Å². The highest BCUT2D eigenvalue weighted by atomic mass is 16.5. The fourth-order valence-corrected chi connectivity index (χ4v) is 2.66. The number of aromatic nitrogens is 1. The SMILES string of the molecule is CCOc1ccccc1CNC(=O)c1coc(C2CCCN2)n1. The lowest BCUT2D eigenvalue weighted by Gasteiger charge is -2.10. The van der Waals surface area contributed by atoms with Crippen molar-refractivity contribution in [2.75, 3.05) is 13.2 Å². The Balaban J connectivity index is 1.61. The molecule has 2 heterocycles. The summed E-state index contributed by atoms with van der Waals surface area (Å²) >= 11 is 0. The van der Waals surface area contributed by atoms with Crippen molar-refractivity contribution >= 4 is 5.91 Å². The number of hydrogen-bond donors (Lipinski definition) is 2. The van der Waals surface area contributed by atoms with Crippen molar-refractivity contribution in [1.82, 2.24) is 15.6 Å². The average molecular weight is 315 g/mol. The summed E-state index contributed by atoms with van der Waals surface area (Å²) in [6.45, 7) is 3.87. The maximum absolute atomic E-state index is 12.2. The smallest absolute Gasteiger partial charge is 0.273 e. The summed E-state index contributed by atoms with van der Waals surface area (Å²) in [6.07, 6.45) is 3.51. The zero-order valence-corrected chi connectivity index (χ0v) is 13.2. The normalized spacial score (nSPS) is 17.2. The second-order valence-corrected chi connectivity index (χ2v) is 5.44. The van der Waals surface area contributed by atoms with E-state index in [0.29, 0.717) is 24.7 Å². The van der Waals surface area contributed by atoms with E-state index < -0.39 is 0 Å². The number of carbonyl (C=O) groups excluding carboxylic acids is 1. The van der Waals surface area contributed by atoms with Gasteiger partial charge in [0.05, 0.1) is 12.6 Å². The fourth-order valence-electron chi connectivity index (χ4n) is 2.66. The van der Waals surface area contributed by atoms with E-state index in [-0.39, 0.29) is 11.9 Å². The summed E-state index contributed by atoms with van der Waals surface area (Å²) in [5.74, 6) is 1.12. The van der Waals surface area contributed by atoms with Gasteiger partial charge < -0.3 is 19.8 Å². The molecule has 1 aliphatic rings. The number of benzene rings is 1. The number of hydrogen-bond acceptors (Lipinski definition) is 5. The van der Waals surface area contributed by atoms with Crippen molar-refractivity contribution in [3.63, 3.8) is 0 Å². The van der Waals surface area contributed by atoms with Gasteiger partial charge in [-0.2, -0.15) is 0 Å². The van der Waals surface area contributed by atoms with Gasteiger partial charge in [0.1, 0.15) is 12.0 Å². The zero-order valence-electron chi connectivity index (χ0n) is 13.2. The first kappa shape index (κ1) is 15.6. The molecule has 1 amide bonds. The van der Waals surface area contributed by atoms with Gasteiger partial charge in [-0.15, -0.1) is 0 Å². The highest BCUT2D eigenvalue weighted by Crippen LogP contribution is 2.22. The molecule has 0 saturated carbocycles. The van der Waals surface area contributed by atoms with E-state index in [1.54, 1.807) is 0 Å². The second-order valence-electron chi connectivity index (χ2n) is 5.44. The maximum atomic E-state index is 12.2. The van der Waals surface area contributed by atoms with Crippen LogP contribution in [-0.2, 0) is 6.54 Å². The van der Waals surface area contributed by atoms with Gasteiger partial charge in [-0.05, 0) is 32.4 Å². The van der Waals surface area contributed by atoms with Crippen molar-refractivity contribution in [3.05, 3.63) is 47.7 Å². The van der Waals surface area contributed by atoms with Crippen LogP contribution in [0.25, 0.3) is 0 Å². The lowest BCUT2D eigenvalue weighted by atomic mass is 10.2. The highest BCUT2D eigenvalue weighted by molar-refractivity contribution is 5.91. The van der Waals surface area contributed by atoms with Gasteiger partial charge in [0.15, 0.2) is 5.69 Å². The van der Waals surface area contributed by atoms with Crippen LogP contribution in [0, 0.1) is 0 Å². The largest absolute Gasteiger partial charge is 0.494 e. The molecule has 0 aliphatic carbocycles. The summed E-state index contributed by atoms with van der Waals surface area (Å²) in [7, 11) is 0. The first-order valence-electron chi connectivity index (χ1n) is 7.95. The van der Waals surface area contributed by atoms with Crippen LogP contribution in [0.4, 0.5) is 0 Å². The first-order valence-corrected chi connectivity index (χ1v) is 7.95. The Morgan fingerprint density at radius 1 is 1.48 bits per heavy atom. The number of ether oxygens (including phenoxy) is 1. The van der Waals surface area contributed by atoms with E-state index in [2.05, 4.69) is 15.6 Å². The molecule has 1 atom stereocenters. The van der Waals surface area contributed by atoms with Crippen LogP contribution in [0.15, 0.2) is 34.9 Å². The van der Waals surface area contributed by atoms with Crippen LogP contribution in [0.5, 0.6) is 5.75 Å². The molecule has 1 aromatic carbocycles. The highest BCUT2D eigenvalue weighted by Gasteiger charge is 2.22. The summed E-state index contributed by atoms with van der Waals surface area (Å²) in [6, 6.07) is 7.78. The van der Waals surface area contributed by atoms with Crippen molar-refractivity contribution in [2.45, 2.75) is 32.4 Å². The number of nitrogens with zero attached hydrogens (tertiary/aromatic N) is 1. The van der Waals surface area contributed by atoms with Gasteiger partial charge in [-0.3, -0.25) is 4.79 Å². The van der Waals surface area contributed by atoms with Gasteiger partial charge >= 0.3 is 0 Å². The molecule has 1 fully saturated rings. The average Bonchev–Trinajstić information content (AvgIpc) is 3.25. The predicted octanol–water partition coefficient (Wildman–Crippen LogP) is 2.43. The van der Waals surface area contributed by atoms with E-state index in [9.17, 15) is 4.79 Å². The van der Waals surface area contributed by atoms with E-state index >= 15 is 0 Å². The van der Waals surface area contributed by atoms with Crippen LogP contribution in [0.1, 0.15) is 47.7 Å². The Morgan fingerprint density at radius 3 is 3.13 bits per heavy atom. The van der Waals surface area contributed by atoms with Crippen molar-refractivity contribution in [3.8, 4) is 5.75 Å². The molecular formula is C17H21N3O3. The van der Waals surface area contributed by atoms with Crippen molar-refractivity contribution in [1.29, 1.82) is 0 Å². The monoisotopic (exact) mass is 315 g/mol. The molecule has 3 rings (SSSR count). The molecule has 23 heavy (non-hydrogen) atoms. The Hall–Kier alpha value is -2.34. The third kappa shape index (κ3) is 3.71. The lowest BCUT2D eigenvalue weighted by Crippen LogP contribution is -2.23. The third-order valence-corrected chi connectivity index (χ3v) is 3.82. The third-order valence-electron chi connectivity index (χ3n) is 3.82. The van der Waals surface area contributed by atoms with E-state index in [1.165, 1.54) is 6.26 Å². The summed E-state index contributed by atoms with van der Waals surface area (Å²) in [5, 5.41) is 6.16. The fraction of sp³-hybridized carbons (Fsp3) is 0.412. The summed E-state index contributed by atoms with van der Waals surface area (Å²) < 4.78 is 11.0. The number of para-hydroxylation sites is 1. The molecule has 1 saturated heterocycles. The number of oxazole rings is 1. The molecule has 6 heteroatoms. The second kappa shape index (κ2) is 7.28. The molecule has 122 valence electrons. The molecule has 2 aromatic rings. The molecule has 6 nitrogen and oxygen atoms in total. The topological polar surface area (TPSA) is 76.4 Å². The molecule has 1 aliphatic heterocycles. The van der Waals surface area contributed by atoms with Gasteiger partial charge in [0, 0.05) is 12.1 Å². The molecular weight excluding hydrogens is 294 g/mol. The quantitative estimate of drug-likeness (QED) is 0.856. The number of amides is 1. The Labute approximate surface area is 135 Å². The number of rotatable bonds is 6. The minimum absolute atomic E-state index is 0.121. The molecule has 0 bridgehead atoms. The van der Waals surface area contributed by atoms with Crippen LogP contribution in [0.2, 0.25) is 0 Å². The molecule has 0 radical (unpaired) electrons. The van der Waals surface area contributed by atoms with Crippen molar-refractivity contribution in [2.24, 2.45) is 0 Å². The van der Waals surface area contributed by atoms with E-state index in [1.807, 2.05) is 31.2 Å². The molecule has 2 N–H and O–H groups in total. The van der Waals surface area contributed by atoms with E-state index in [0.717, 1.165) is 30.7 Å². The minimum Gasteiger partial charge on any atom is -0.494 e. The number of nitrogens with one attached hydrogen (secondary N) is 2. The zero-order chi connectivity index (χ0) is 16.1. The summed E-state index contributed by atoms with van der Waals surface area (Å²) in [5.41, 5.74) is 1.24. The summed E-state index contributed by atoms with van der Waals surface area (Å²) in [4.78, 5) is 16.5. The van der Waals surface area contributed by atoms with Gasteiger partial charge in [0.25, 0.3) is 5.91 Å². The van der Waals surface area contributed by atoms with Crippen LogP contribution in [0.3, 0.4) is 0 Å². The molecule has 1 unspecified atom stereocenters. The van der Waals surface area contributed by atoms with Crippen LogP contribution in [-0.4, -0.2) is 24.0 Å². The maximum Gasteiger partial charge on any atom is 0.273 e. The van der Waals surface area contributed by atoms with Gasteiger partial charge in [0.2, 0.25) is 5.89 Å². The van der Waals surface area contributed by atoms with Gasteiger partial charge in [-0.1, -0.05) is 18.2 Å². The minimum atomic E-state index is -0.246. The first-order chi connectivity index (χ1) is 11.3. The molecule has 1 aromatic heterocycles. The Bertz CT molecular complexity index is 663.